The van der Waals surface area contributed by atoms with E-state index in [1.54, 1.807) is 0 Å². The molecule has 0 aromatic heterocycles. The molecular formula is C16H25NS. The van der Waals surface area contributed by atoms with E-state index in [-0.39, 0.29) is 0 Å². The van der Waals surface area contributed by atoms with Crippen molar-refractivity contribution in [3.8, 4) is 0 Å². The molecular weight excluding hydrogens is 238 g/mol. The zero-order chi connectivity index (χ0) is 13.0. The molecule has 100 valence electrons. The van der Waals surface area contributed by atoms with Crippen LogP contribution in [-0.2, 0) is 0 Å². The third-order valence-electron chi connectivity index (χ3n) is 3.82. The maximum absolute atomic E-state index is 3.71. The lowest BCUT2D eigenvalue weighted by molar-refractivity contribution is 0.537. The highest BCUT2D eigenvalue weighted by atomic mass is 32.2. The van der Waals surface area contributed by atoms with Crippen LogP contribution in [0.25, 0.3) is 0 Å². The van der Waals surface area contributed by atoms with Crippen LogP contribution < -0.4 is 5.32 Å². The fourth-order valence-corrected chi connectivity index (χ4v) is 3.95. The summed E-state index contributed by atoms with van der Waals surface area (Å²) in [6, 6.07) is 7.24. The molecule has 0 saturated carbocycles. The molecule has 0 spiro atoms. The summed E-state index contributed by atoms with van der Waals surface area (Å²) in [6.45, 7) is 7.81. The Bertz CT molecular complexity index is 383. The molecule has 1 fully saturated rings. The minimum Gasteiger partial charge on any atom is -0.309 e. The summed E-state index contributed by atoms with van der Waals surface area (Å²) in [7, 11) is 0. The van der Waals surface area contributed by atoms with E-state index in [2.05, 4.69) is 56.0 Å². The lowest BCUT2D eigenvalue weighted by atomic mass is 10.00. The Balaban J connectivity index is 1.88. The van der Waals surface area contributed by atoms with Crippen LogP contribution >= 0.6 is 11.8 Å². The molecule has 1 aliphatic rings. The van der Waals surface area contributed by atoms with Crippen LogP contribution in [0.5, 0.6) is 0 Å². The highest BCUT2D eigenvalue weighted by Crippen LogP contribution is 2.25. The van der Waals surface area contributed by atoms with Gasteiger partial charge in [-0.3, -0.25) is 0 Å². The topological polar surface area (TPSA) is 12.0 Å². The molecule has 1 nitrogen and oxygen atoms in total. The van der Waals surface area contributed by atoms with Crippen LogP contribution in [0.3, 0.4) is 0 Å². The molecule has 1 aromatic carbocycles. The van der Waals surface area contributed by atoms with Gasteiger partial charge in [0.25, 0.3) is 0 Å². The van der Waals surface area contributed by atoms with Crippen molar-refractivity contribution in [2.75, 3.05) is 12.3 Å². The molecule has 1 aliphatic heterocycles. The summed E-state index contributed by atoms with van der Waals surface area (Å²) < 4.78 is 0. The smallest absolute Gasteiger partial charge is 0.0294 e. The van der Waals surface area contributed by atoms with Crippen LogP contribution in [0.1, 0.15) is 48.9 Å². The second-order valence-corrected chi connectivity index (χ2v) is 6.89. The van der Waals surface area contributed by atoms with E-state index in [0.29, 0.717) is 6.04 Å². The third-order valence-corrected chi connectivity index (χ3v) is 5.22. The third kappa shape index (κ3) is 3.76. The Hall–Kier alpha value is -0.470. The van der Waals surface area contributed by atoms with Gasteiger partial charge in [-0.15, -0.1) is 0 Å². The van der Waals surface area contributed by atoms with Gasteiger partial charge in [0.1, 0.15) is 0 Å². The predicted octanol–water partition coefficient (Wildman–Crippen LogP) is 4.24. The van der Waals surface area contributed by atoms with Crippen LogP contribution in [0.2, 0.25) is 0 Å². The van der Waals surface area contributed by atoms with Crippen molar-refractivity contribution >= 4 is 11.8 Å². The molecule has 0 bridgehead atoms. The van der Waals surface area contributed by atoms with E-state index >= 15 is 0 Å². The number of hydrogen-bond acceptors (Lipinski definition) is 2. The Morgan fingerprint density at radius 2 is 2.17 bits per heavy atom. The van der Waals surface area contributed by atoms with E-state index in [1.165, 1.54) is 41.7 Å². The number of aryl methyl sites for hydroxylation is 2. The molecule has 2 rings (SSSR count). The lowest BCUT2D eigenvalue weighted by Gasteiger charge is -2.24. The summed E-state index contributed by atoms with van der Waals surface area (Å²) >= 11 is 2.14. The molecule has 1 saturated heterocycles. The quantitative estimate of drug-likeness (QED) is 0.872. The summed E-state index contributed by atoms with van der Waals surface area (Å²) in [5.74, 6) is 1.35. The van der Waals surface area contributed by atoms with Crippen LogP contribution in [0.15, 0.2) is 18.2 Å². The fourth-order valence-electron chi connectivity index (χ4n) is 2.70. The van der Waals surface area contributed by atoms with E-state index in [0.717, 1.165) is 11.8 Å². The molecule has 1 heterocycles. The van der Waals surface area contributed by atoms with Crippen molar-refractivity contribution in [2.24, 2.45) is 0 Å². The standard InChI is InChI=1S/C16H25NS/c1-12-7-8-16(13(2)10-12)14(3)17-11-15-6-4-5-9-18-15/h7-8,10,14-15,17H,4-6,9,11H2,1-3H3. The monoisotopic (exact) mass is 263 g/mol. The van der Waals surface area contributed by atoms with Crippen molar-refractivity contribution in [3.05, 3.63) is 34.9 Å². The Labute approximate surface area is 116 Å². The number of nitrogens with one attached hydrogen (secondary N) is 1. The van der Waals surface area contributed by atoms with Crippen molar-refractivity contribution in [1.29, 1.82) is 0 Å². The first-order chi connectivity index (χ1) is 8.66. The summed E-state index contributed by atoms with van der Waals surface area (Å²) in [5.41, 5.74) is 4.21. The summed E-state index contributed by atoms with van der Waals surface area (Å²) in [6.07, 6.45) is 4.21. The van der Waals surface area contributed by atoms with Crippen LogP contribution in [0, 0.1) is 13.8 Å². The molecule has 0 aliphatic carbocycles. The molecule has 2 heteroatoms. The predicted molar refractivity (Wildman–Crippen MR) is 82.4 cm³/mol. The first-order valence-corrected chi connectivity index (χ1v) is 8.14. The first kappa shape index (κ1) is 14.0. The average molecular weight is 263 g/mol. The Morgan fingerprint density at radius 1 is 1.33 bits per heavy atom. The van der Waals surface area contributed by atoms with Gasteiger partial charge >= 0.3 is 0 Å². The maximum atomic E-state index is 3.71. The van der Waals surface area contributed by atoms with Gasteiger partial charge in [0.15, 0.2) is 0 Å². The zero-order valence-corrected chi connectivity index (χ0v) is 12.6. The molecule has 0 radical (unpaired) electrons. The van der Waals surface area contributed by atoms with E-state index in [9.17, 15) is 0 Å². The van der Waals surface area contributed by atoms with Gasteiger partial charge in [-0.2, -0.15) is 11.8 Å². The van der Waals surface area contributed by atoms with Gasteiger partial charge in [-0.25, -0.2) is 0 Å². The normalized spacial score (nSPS) is 21.8. The summed E-state index contributed by atoms with van der Waals surface area (Å²) in [4.78, 5) is 0. The lowest BCUT2D eigenvalue weighted by Crippen LogP contribution is -2.29. The van der Waals surface area contributed by atoms with E-state index < -0.39 is 0 Å². The number of rotatable bonds is 4. The van der Waals surface area contributed by atoms with E-state index in [4.69, 9.17) is 0 Å². The highest BCUT2D eigenvalue weighted by Gasteiger charge is 2.15. The number of thioether (sulfide) groups is 1. The minimum atomic E-state index is 0.466. The van der Waals surface area contributed by atoms with E-state index in [1.807, 2.05) is 0 Å². The Kier molecular flexibility index (Phi) is 5.13. The minimum absolute atomic E-state index is 0.466. The molecule has 2 atom stereocenters. The highest BCUT2D eigenvalue weighted by molar-refractivity contribution is 7.99. The zero-order valence-electron chi connectivity index (χ0n) is 11.8. The molecule has 1 aromatic rings. The molecule has 2 unspecified atom stereocenters. The van der Waals surface area contributed by atoms with Crippen LogP contribution in [0.4, 0.5) is 0 Å². The van der Waals surface area contributed by atoms with Crippen molar-refractivity contribution in [1.82, 2.24) is 5.32 Å². The Morgan fingerprint density at radius 3 is 2.83 bits per heavy atom. The molecule has 1 N–H and O–H groups in total. The van der Waals surface area contributed by atoms with Gasteiger partial charge in [0, 0.05) is 17.8 Å². The first-order valence-electron chi connectivity index (χ1n) is 7.09. The van der Waals surface area contributed by atoms with Gasteiger partial charge < -0.3 is 5.32 Å². The largest absolute Gasteiger partial charge is 0.309 e. The number of hydrogen-bond donors (Lipinski definition) is 1. The SMILES string of the molecule is Cc1ccc(C(C)NCC2CCCCS2)c(C)c1. The van der Waals surface area contributed by atoms with Crippen LogP contribution in [-0.4, -0.2) is 17.5 Å². The van der Waals surface area contributed by atoms with Gasteiger partial charge in [-0.05, 0) is 50.5 Å². The maximum Gasteiger partial charge on any atom is 0.0294 e. The molecule has 18 heavy (non-hydrogen) atoms. The van der Waals surface area contributed by atoms with Crippen molar-refractivity contribution < 1.29 is 0 Å². The number of benzene rings is 1. The van der Waals surface area contributed by atoms with Crippen molar-refractivity contribution in [2.45, 2.75) is 51.3 Å². The molecule has 0 amide bonds. The van der Waals surface area contributed by atoms with Gasteiger partial charge in [0.05, 0.1) is 0 Å². The average Bonchev–Trinajstić information content (AvgIpc) is 2.37. The van der Waals surface area contributed by atoms with Crippen molar-refractivity contribution in [3.63, 3.8) is 0 Å². The fraction of sp³-hybridized carbons (Fsp3) is 0.625. The van der Waals surface area contributed by atoms with Gasteiger partial charge in [0.2, 0.25) is 0 Å². The summed E-state index contributed by atoms with van der Waals surface area (Å²) in [5, 5.41) is 4.53. The van der Waals surface area contributed by atoms with Gasteiger partial charge in [-0.1, -0.05) is 30.2 Å². The second-order valence-electron chi connectivity index (χ2n) is 5.48. The second kappa shape index (κ2) is 6.63.